The zero-order chi connectivity index (χ0) is 19.9. The molecule has 2 aromatic carbocycles. The first-order valence-corrected chi connectivity index (χ1v) is 11.3. The maximum atomic E-state index is 5.42. The molecule has 5 nitrogen and oxygen atoms in total. The number of morpholine rings is 1. The van der Waals surface area contributed by atoms with E-state index in [1.54, 1.807) is 11.3 Å². The van der Waals surface area contributed by atoms with E-state index in [1.165, 1.54) is 10.3 Å². The highest BCUT2D eigenvalue weighted by molar-refractivity contribution is 7.80. The predicted octanol–water partition coefficient (Wildman–Crippen LogP) is 3.90. The van der Waals surface area contributed by atoms with E-state index in [2.05, 4.69) is 58.0 Å². The quantitative estimate of drug-likeness (QED) is 0.442. The number of rotatable bonds is 7. The molecule has 1 aliphatic rings. The standard InChI is InChI=1S/C22H26N4OS2/c28-22(23-10-3-11-26-12-14-27-15-13-26)24-18-8-6-17(7-9-18)16-21-25-19-4-1-2-5-20(19)29-21/h1-2,4-9H,3,10-16H2,(H2,23,24,28). The largest absolute Gasteiger partial charge is 0.379 e. The fraction of sp³-hybridized carbons (Fsp3) is 0.364. The Morgan fingerprint density at radius 2 is 1.90 bits per heavy atom. The Hall–Kier alpha value is -2.06. The zero-order valence-electron chi connectivity index (χ0n) is 16.4. The number of anilines is 1. The predicted molar refractivity (Wildman–Crippen MR) is 125 cm³/mol. The van der Waals surface area contributed by atoms with Crippen molar-refractivity contribution in [2.45, 2.75) is 12.8 Å². The van der Waals surface area contributed by atoms with Crippen LogP contribution in [0.3, 0.4) is 0 Å². The molecule has 0 unspecified atom stereocenters. The Bertz CT molecular complexity index is 902. The summed E-state index contributed by atoms with van der Waals surface area (Å²) in [5, 5.41) is 8.38. The monoisotopic (exact) mass is 426 g/mol. The molecular weight excluding hydrogens is 400 g/mol. The minimum atomic E-state index is 0.672. The van der Waals surface area contributed by atoms with Crippen LogP contribution in [0.15, 0.2) is 48.5 Å². The first kappa shape index (κ1) is 20.2. The number of thiocarbonyl (C=S) groups is 1. The molecule has 7 heteroatoms. The van der Waals surface area contributed by atoms with E-state index in [9.17, 15) is 0 Å². The van der Waals surface area contributed by atoms with Crippen molar-refractivity contribution in [1.82, 2.24) is 15.2 Å². The van der Waals surface area contributed by atoms with Gasteiger partial charge < -0.3 is 15.4 Å². The molecule has 1 aliphatic heterocycles. The fourth-order valence-corrected chi connectivity index (χ4v) is 4.60. The summed E-state index contributed by atoms with van der Waals surface area (Å²) in [6.45, 7) is 5.72. The maximum Gasteiger partial charge on any atom is 0.170 e. The van der Waals surface area contributed by atoms with Gasteiger partial charge in [-0.25, -0.2) is 4.98 Å². The Balaban J connectivity index is 1.20. The summed E-state index contributed by atoms with van der Waals surface area (Å²) in [7, 11) is 0. The molecule has 2 N–H and O–H groups in total. The zero-order valence-corrected chi connectivity index (χ0v) is 18.0. The van der Waals surface area contributed by atoms with Gasteiger partial charge in [-0.1, -0.05) is 24.3 Å². The van der Waals surface area contributed by atoms with E-state index in [0.29, 0.717) is 5.11 Å². The topological polar surface area (TPSA) is 49.4 Å². The van der Waals surface area contributed by atoms with Crippen LogP contribution < -0.4 is 10.6 Å². The van der Waals surface area contributed by atoms with E-state index < -0.39 is 0 Å². The van der Waals surface area contributed by atoms with Crippen LogP contribution in [0.25, 0.3) is 10.2 Å². The summed E-state index contributed by atoms with van der Waals surface area (Å²) in [5.41, 5.74) is 3.33. The lowest BCUT2D eigenvalue weighted by atomic mass is 10.1. The van der Waals surface area contributed by atoms with Gasteiger partial charge in [0, 0.05) is 31.7 Å². The first-order chi connectivity index (χ1) is 14.3. The molecule has 3 aromatic rings. The van der Waals surface area contributed by atoms with Gasteiger partial charge in [-0.05, 0) is 55.0 Å². The van der Waals surface area contributed by atoms with Crippen LogP contribution in [0.2, 0.25) is 0 Å². The van der Waals surface area contributed by atoms with Crippen LogP contribution in [0.1, 0.15) is 17.0 Å². The summed E-state index contributed by atoms with van der Waals surface area (Å²) in [4.78, 5) is 7.15. The number of aromatic nitrogens is 1. The molecule has 0 atom stereocenters. The smallest absolute Gasteiger partial charge is 0.170 e. The Kier molecular flexibility index (Phi) is 7.05. The molecule has 1 saturated heterocycles. The van der Waals surface area contributed by atoms with Crippen LogP contribution in [-0.2, 0) is 11.2 Å². The lowest BCUT2D eigenvalue weighted by molar-refractivity contribution is 0.0376. The Labute approximate surface area is 181 Å². The fourth-order valence-electron chi connectivity index (χ4n) is 3.38. The van der Waals surface area contributed by atoms with Gasteiger partial charge in [0.1, 0.15) is 0 Å². The number of hydrogen-bond donors (Lipinski definition) is 2. The van der Waals surface area contributed by atoms with Crippen molar-refractivity contribution in [3.05, 3.63) is 59.1 Å². The summed E-state index contributed by atoms with van der Waals surface area (Å²) < 4.78 is 6.62. The molecule has 1 aromatic heterocycles. The van der Waals surface area contributed by atoms with E-state index >= 15 is 0 Å². The molecule has 0 saturated carbocycles. The summed E-state index contributed by atoms with van der Waals surface area (Å²) in [6.07, 6.45) is 1.92. The molecule has 4 rings (SSSR count). The maximum absolute atomic E-state index is 5.42. The molecule has 0 aliphatic carbocycles. The van der Waals surface area contributed by atoms with E-state index in [0.717, 1.165) is 68.4 Å². The lowest BCUT2D eigenvalue weighted by Gasteiger charge is -2.26. The lowest BCUT2D eigenvalue weighted by Crippen LogP contribution is -2.38. The number of para-hydroxylation sites is 1. The minimum absolute atomic E-state index is 0.672. The van der Waals surface area contributed by atoms with Crippen molar-refractivity contribution in [2.75, 3.05) is 44.7 Å². The van der Waals surface area contributed by atoms with Crippen molar-refractivity contribution < 1.29 is 4.74 Å². The number of nitrogens with one attached hydrogen (secondary N) is 2. The highest BCUT2D eigenvalue weighted by Gasteiger charge is 2.09. The number of benzene rings is 2. The highest BCUT2D eigenvalue weighted by atomic mass is 32.1. The van der Waals surface area contributed by atoms with Gasteiger partial charge in [-0.3, -0.25) is 4.90 Å². The second kappa shape index (κ2) is 10.1. The van der Waals surface area contributed by atoms with Crippen molar-refractivity contribution in [3.63, 3.8) is 0 Å². The van der Waals surface area contributed by atoms with Crippen LogP contribution in [0.5, 0.6) is 0 Å². The van der Waals surface area contributed by atoms with Crippen LogP contribution in [0.4, 0.5) is 5.69 Å². The number of nitrogens with zero attached hydrogens (tertiary/aromatic N) is 2. The summed E-state index contributed by atoms with van der Waals surface area (Å²) in [6, 6.07) is 16.7. The van der Waals surface area contributed by atoms with Gasteiger partial charge in [0.05, 0.1) is 28.4 Å². The van der Waals surface area contributed by atoms with Crippen molar-refractivity contribution in [3.8, 4) is 0 Å². The number of thiazole rings is 1. The average molecular weight is 427 g/mol. The number of hydrogen-bond acceptors (Lipinski definition) is 5. The molecule has 29 heavy (non-hydrogen) atoms. The Morgan fingerprint density at radius 3 is 2.69 bits per heavy atom. The van der Waals surface area contributed by atoms with Crippen LogP contribution in [0, 0.1) is 0 Å². The molecule has 0 amide bonds. The molecular formula is C22H26N4OS2. The first-order valence-electron chi connectivity index (χ1n) is 10.0. The van der Waals surface area contributed by atoms with Crippen molar-refractivity contribution >= 4 is 44.6 Å². The average Bonchev–Trinajstić information content (AvgIpc) is 3.16. The second-order valence-corrected chi connectivity index (χ2v) is 8.66. The van der Waals surface area contributed by atoms with Crippen molar-refractivity contribution in [2.24, 2.45) is 0 Å². The SMILES string of the molecule is S=C(NCCCN1CCOCC1)Nc1ccc(Cc2nc3ccccc3s2)cc1. The molecule has 152 valence electrons. The third-order valence-corrected chi connectivity index (χ3v) is 6.23. The van der Waals surface area contributed by atoms with E-state index in [-0.39, 0.29) is 0 Å². The molecule has 1 fully saturated rings. The molecule has 0 radical (unpaired) electrons. The van der Waals surface area contributed by atoms with Gasteiger partial charge in [0.2, 0.25) is 0 Å². The highest BCUT2D eigenvalue weighted by Crippen LogP contribution is 2.24. The third-order valence-electron chi connectivity index (χ3n) is 4.95. The van der Waals surface area contributed by atoms with Gasteiger partial charge in [0.25, 0.3) is 0 Å². The molecule has 0 spiro atoms. The summed E-state index contributed by atoms with van der Waals surface area (Å²) in [5.74, 6) is 0. The van der Waals surface area contributed by atoms with Gasteiger partial charge in [0.15, 0.2) is 5.11 Å². The van der Waals surface area contributed by atoms with Gasteiger partial charge in [-0.2, -0.15) is 0 Å². The van der Waals surface area contributed by atoms with Gasteiger partial charge in [-0.15, -0.1) is 11.3 Å². The normalized spacial score (nSPS) is 14.8. The molecule has 0 bridgehead atoms. The Morgan fingerprint density at radius 1 is 1.10 bits per heavy atom. The third kappa shape index (κ3) is 5.96. The minimum Gasteiger partial charge on any atom is -0.379 e. The van der Waals surface area contributed by atoms with E-state index in [4.69, 9.17) is 21.9 Å². The van der Waals surface area contributed by atoms with Crippen molar-refractivity contribution in [1.29, 1.82) is 0 Å². The second-order valence-electron chi connectivity index (χ2n) is 7.14. The van der Waals surface area contributed by atoms with Gasteiger partial charge >= 0.3 is 0 Å². The molecule has 2 heterocycles. The van der Waals surface area contributed by atoms with Crippen LogP contribution >= 0.6 is 23.6 Å². The number of fused-ring (bicyclic) bond motifs is 1. The van der Waals surface area contributed by atoms with E-state index in [1.807, 2.05) is 6.07 Å². The summed E-state index contributed by atoms with van der Waals surface area (Å²) >= 11 is 7.18. The number of ether oxygens (including phenoxy) is 1. The van der Waals surface area contributed by atoms with Crippen LogP contribution in [-0.4, -0.2) is 54.4 Å².